The van der Waals surface area contributed by atoms with Crippen LogP contribution in [-0.4, -0.2) is 47.5 Å². The number of carbonyl (C=O) groups is 3. The number of benzene rings is 1. The molecule has 0 spiro atoms. The van der Waals surface area contributed by atoms with Gasteiger partial charge in [0.2, 0.25) is 11.8 Å². The summed E-state index contributed by atoms with van der Waals surface area (Å²) in [5.74, 6) is -0.993. The minimum absolute atomic E-state index is 0.0187. The fourth-order valence-corrected chi connectivity index (χ4v) is 2.67. The number of rotatable bonds is 7. The van der Waals surface area contributed by atoms with Crippen LogP contribution in [0.5, 0.6) is 5.75 Å². The van der Waals surface area contributed by atoms with E-state index < -0.39 is 12.6 Å². The number of amides is 2. The van der Waals surface area contributed by atoms with Crippen LogP contribution in [0.4, 0.5) is 0 Å². The van der Waals surface area contributed by atoms with Crippen LogP contribution in [0.1, 0.15) is 31.9 Å². The van der Waals surface area contributed by atoms with Crippen molar-refractivity contribution in [3.63, 3.8) is 0 Å². The van der Waals surface area contributed by atoms with Crippen LogP contribution in [0.25, 0.3) is 0 Å². The van der Waals surface area contributed by atoms with Gasteiger partial charge in [0.1, 0.15) is 5.75 Å². The van der Waals surface area contributed by atoms with Crippen molar-refractivity contribution < 1.29 is 24.2 Å². The summed E-state index contributed by atoms with van der Waals surface area (Å²) in [4.78, 5) is 36.2. The summed E-state index contributed by atoms with van der Waals surface area (Å²) in [6, 6.07) is 6.68. The Bertz CT molecular complexity index is 614. The lowest BCUT2D eigenvalue weighted by Crippen LogP contribution is -2.34. The van der Waals surface area contributed by atoms with Crippen molar-refractivity contribution in [2.75, 3.05) is 19.7 Å². The fraction of sp³-hybridized carbons (Fsp3) is 0.471. The van der Waals surface area contributed by atoms with Crippen LogP contribution in [-0.2, 0) is 14.4 Å². The molecule has 0 aliphatic carbocycles. The number of ether oxygens (including phenoxy) is 1. The van der Waals surface area contributed by atoms with Gasteiger partial charge in [0.25, 0.3) is 0 Å². The molecule has 7 heteroatoms. The molecule has 2 N–H and O–H groups in total. The van der Waals surface area contributed by atoms with E-state index in [2.05, 4.69) is 5.32 Å². The van der Waals surface area contributed by atoms with Crippen molar-refractivity contribution in [3.8, 4) is 5.75 Å². The van der Waals surface area contributed by atoms with Gasteiger partial charge in [-0.25, -0.2) is 4.79 Å². The summed E-state index contributed by atoms with van der Waals surface area (Å²) in [6.07, 6.45) is 0.258. The summed E-state index contributed by atoms with van der Waals surface area (Å²) in [7, 11) is 0. The molecule has 1 aromatic carbocycles. The van der Waals surface area contributed by atoms with Crippen molar-refractivity contribution in [2.45, 2.75) is 26.3 Å². The van der Waals surface area contributed by atoms with E-state index in [0.717, 1.165) is 5.56 Å². The molecular weight excluding hydrogens is 312 g/mol. The van der Waals surface area contributed by atoms with Crippen molar-refractivity contribution in [2.24, 2.45) is 5.92 Å². The van der Waals surface area contributed by atoms with Gasteiger partial charge < -0.3 is 20.1 Å². The molecule has 1 aromatic rings. The molecule has 1 fully saturated rings. The molecule has 24 heavy (non-hydrogen) atoms. The maximum atomic E-state index is 12.3. The third-order valence-electron chi connectivity index (χ3n) is 4.07. The van der Waals surface area contributed by atoms with Crippen molar-refractivity contribution in [3.05, 3.63) is 29.8 Å². The van der Waals surface area contributed by atoms with Gasteiger partial charge in [-0.15, -0.1) is 0 Å². The first-order valence-electron chi connectivity index (χ1n) is 7.93. The van der Waals surface area contributed by atoms with Gasteiger partial charge in [0, 0.05) is 19.5 Å². The van der Waals surface area contributed by atoms with Crippen LogP contribution in [0.15, 0.2) is 24.3 Å². The highest BCUT2D eigenvalue weighted by Crippen LogP contribution is 2.21. The molecule has 2 atom stereocenters. The standard InChI is InChI=1S/C17H22N2O5/c1-3-19-9-13(8-15(19)20)17(23)18-11(2)12-4-6-14(7-5-12)24-10-16(21)22/h4-7,11,13H,3,8-10H2,1-2H3,(H,18,23)(H,21,22)/t11-,13-/m0/s1. The minimum Gasteiger partial charge on any atom is -0.482 e. The zero-order valence-electron chi connectivity index (χ0n) is 13.8. The Labute approximate surface area is 140 Å². The van der Waals surface area contributed by atoms with Crippen LogP contribution in [0, 0.1) is 5.92 Å². The second-order valence-electron chi connectivity index (χ2n) is 5.82. The molecule has 130 valence electrons. The van der Waals surface area contributed by atoms with E-state index in [1.54, 1.807) is 29.2 Å². The fourth-order valence-electron chi connectivity index (χ4n) is 2.67. The number of nitrogens with one attached hydrogen (secondary N) is 1. The topological polar surface area (TPSA) is 95.9 Å². The number of carbonyl (C=O) groups excluding carboxylic acids is 2. The Morgan fingerprint density at radius 1 is 1.38 bits per heavy atom. The van der Waals surface area contributed by atoms with E-state index in [1.165, 1.54) is 0 Å². The predicted molar refractivity (Wildman–Crippen MR) is 86.5 cm³/mol. The maximum absolute atomic E-state index is 12.3. The molecule has 0 saturated carbocycles. The summed E-state index contributed by atoms with van der Waals surface area (Å²) in [6.45, 7) is 4.45. The van der Waals surface area contributed by atoms with Gasteiger partial charge in [-0.3, -0.25) is 9.59 Å². The lowest BCUT2D eigenvalue weighted by molar-refractivity contribution is -0.139. The van der Waals surface area contributed by atoms with E-state index in [1.807, 2.05) is 13.8 Å². The molecule has 0 unspecified atom stereocenters. The molecule has 0 radical (unpaired) electrons. The minimum atomic E-state index is -1.04. The molecule has 7 nitrogen and oxygen atoms in total. The van der Waals surface area contributed by atoms with Gasteiger partial charge in [0.15, 0.2) is 6.61 Å². The first kappa shape index (κ1) is 17.8. The molecule has 1 saturated heterocycles. The number of hydrogen-bond donors (Lipinski definition) is 2. The number of carboxylic acid groups (broad SMARTS) is 1. The monoisotopic (exact) mass is 334 g/mol. The summed E-state index contributed by atoms with van der Waals surface area (Å²) in [5.41, 5.74) is 0.877. The molecule has 2 amide bonds. The predicted octanol–water partition coefficient (Wildman–Crippen LogP) is 1.20. The highest BCUT2D eigenvalue weighted by molar-refractivity contribution is 5.89. The zero-order chi connectivity index (χ0) is 17.7. The highest BCUT2D eigenvalue weighted by Gasteiger charge is 2.33. The Balaban J connectivity index is 1.90. The van der Waals surface area contributed by atoms with Crippen LogP contribution in [0.3, 0.4) is 0 Å². The van der Waals surface area contributed by atoms with E-state index in [0.29, 0.717) is 18.8 Å². The van der Waals surface area contributed by atoms with Gasteiger partial charge in [-0.05, 0) is 31.5 Å². The lowest BCUT2D eigenvalue weighted by Gasteiger charge is -2.18. The third kappa shape index (κ3) is 4.47. The van der Waals surface area contributed by atoms with Crippen LogP contribution < -0.4 is 10.1 Å². The Hall–Kier alpha value is -2.57. The van der Waals surface area contributed by atoms with Gasteiger partial charge in [0.05, 0.1) is 12.0 Å². The quantitative estimate of drug-likeness (QED) is 0.781. The smallest absolute Gasteiger partial charge is 0.341 e. The number of carboxylic acids is 1. The lowest BCUT2D eigenvalue weighted by atomic mass is 10.0. The van der Waals surface area contributed by atoms with Crippen molar-refractivity contribution in [1.29, 1.82) is 0 Å². The normalized spacial score (nSPS) is 18.3. The maximum Gasteiger partial charge on any atom is 0.341 e. The molecule has 0 aromatic heterocycles. The molecule has 1 heterocycles. The van der Waals surface area contributed by atoms with Gasteiger partial charge in [-0.2, -0.15) is 0 Å². The van der Waals surface area contributed by atoms with E-state index >= 15 is 0 Å². The number of aliphatic carboxylic acids is 1. The summed E-state index contributed by atoms with van der Waals surface area (Å²) < 4.78 is 5.07. The second-order valence-corrected chi connectivity index (χ2v) is 5.82. The summed E-state index contributed by atoms with van der Waals surface area (Å²) >= 11 is 0. The number of nitrogens with zero attached hydrogens (tertiary/aromatic N) is 1. The largest absolute Gasteiger partial charge is 0.482 e. The Morgan fingerprint density at radius 2 is 2.04 bits per heavy atom. The Morgan fingerprint density at radius 3 is 2.58 bits per heavy atom. The van der Waals surface area contributed by atoms with Crippen LogP contribution >= 0.6 is 0 Å². The van der Waals surface area contributed by atoms with Gasteiger partial charge >= 0.3 is 5.97 Å². The molecule has 0 bridgehead atoms. The second kappa shape index (κ2) is 7.81. The first-order valence-corrected chi connectivity index (χ1v) is 7.93. The molecule has 1 aliphatic rings. The molecule has 1 aliphatic heterocycles. The number of likely N-dealkylation sites (tertiary alicyclic amines) is 1. The van der Waals surface area contributed by atoms with E-state index in [4.69, 9.17) is 9.84 Å². The molecular formula is C17H22N2O5. The third-order valence-corrected chi connectivity index (χ3v) is 4.07. The summed E-state index contributed by atoms with van der Waals surface area (Å²) in [5, 5.41) is 11.5. The highest BCUT2D eigenvalue weighted by atomic mass is 16.5. The van der Waals surface area contributed by atoms with E-state index in [9.17, 15) is 14.4 Å². The number of hydrogen-bond acceptors (Lipinski definition) is 4. The molecule has 2 rings (SSSR count). The average Bonchev–Trinajstić information content (AvgIpc) is 2.94. The van der Waals surface area contributed by atoms with Crippen molar-refractivity contribution in [1.82, 2.24) is 10.2 Å². The average molecular weight is 334 g/mol. The van der Waals surface area contributed by atoms with E-state index in [-0.39, 0.29) is 30.2 Å². The SMILES string of the molecule is CCN1C[C@@H](C(=O)N[C@@H](C)c2ccc(OCC(=O)O)cc2)CC1=O. The van der Waals surface area contributed by atoms with Gasteiger partial charge in [-0.1, -0.05) is 12.1 Å². The first-order chi connectivity index (χ1) is 11.4. The van der Waals surface area contributed by atoms with Crippen LogP contribution in [0.2, 0.25) is 0 Å². The van der Waals surface area contributed by atoms with Crippen molar-refractivity contribution >= 4 is 17.8 Å². The zero-order valence-corrected chi connectivity index (χ0v) is 13.8. The Kier molecular flexibility index (Phi) is 5.78.